The van der Waals surface area contributed by atoms with E-state index in [1.54, 1.807) is 25.1 Å². The second kappa shape index (κ2) is 12.0. The van der Waals surface area contributed by atoms with Crippen LogP contribution in [0.15, 0.2) is 66.7 Å². The molecular formula is C32H34N4O5. The van der Waals surface area contributed by atoms with Crippen LogP contribution < -0.4 is 10.6 Å². The molecule has 212 valence electrons. The predicted molar refractivity (Wildman–Crippen MR) is 159 cm³/mol. The summed E-state index contributed by atoms with van der Waals surface area (Å²) in [5.74, 6) is -1.43. The number of β-amino-alcohol motifs (C(OH)–C–C–N with tert-alkyl or cyclic N) is 1. The Balaban J connectivity index is 1.41. The smallest absolute Gasteiger partial charge is 0.336 e. The number of aliphatic hydroxyl groups is 1. The molecule has 41 heavy (non-hydrogen) atoms. The fourth-order valence-corrected chi connectivity index (χ4v) is 5.57. The van der Waals surface area contributed by atoms with Gasteiger partial charge < -0.3 is 30.6 Å². The van der Waals surface area contributed by atoms with Crippen LogP contribution in [0.2, 0.25) is 0 Å². The Labute approximate surface area is 239 Å². The zero-order chi connectivity index (χ0) is 29.1. The van der Waals surface area contributed by atoms with Crippen LogP contribution in [-0.4, -0.2) is 77.1 Å². The first-order valence-corrected chi connectivity index (χ1v) is 13.7. The Bertz CT molecular complexity index is 1490. The van der Waals surface area contributed by atoms with E-state index in [0.29, 0.717) is 45.9 Å². The molecule has 0 spiro atoms. The monoisotopic (exact) mass is 554 g/mol. The molecule has 3 aromatic carbocycles. The van der Waals surface area contributed by atoms with Crippen molar-refractivity contribution < 1.29 is 24.6 Å². The minimum absolute atomic E-state index is 0.0485. The van der Waals surface area contributed by atoms with Gasteiger partial charge in [-0.25, -0.2) is 4.79 Å². The number of nitrogens with zero attached hydrogens (tertiary/aromatic N) is 2. The van der Waals surface area contributed by atoms with Crippen LogP contribution in [0.5, 0.6) is 0 Å². The van der Waals surface area contributed by atoms with Gasteiger partial charge in [0.25, 0.3) is 11.8 Å². The summed E-state index contributed by atoms with van der Waals surface area (Å²) in [6.45, 7) is 4.24. The number of carboxylic acid groups (broad SMARTS) is 1. The Morgan fingerprint density at radius 1 is 1.02 bits per heavy atom. The molecule has 0 radical (unpaired) electrons. The molecule has 2 heterocycles. The number of aromatic carboxylic acids is 1. The SMILES string of the molecule is Cc1cc2c(cc1C(=O)O)NC(=O)/C2=C(/Nc1ccc(C(=O)N(C)C2CCN(CCO)CC2)cc1)c1ccccc1. The number of fused-ring (bicyclic) bond motifs is 1. The highest BCUT2D eigenvalue weighted by molar-refractivity contribution is 6.37. The zero-order valence-corrected chi connectivity index (χ0v) is 23.2. The Morgan fingerprint density at radius 3 is 2.34 bits per heavy atom. The minimum atomic E-state index is -1.05. The van der Waals surface area contributed by atoms with Gasteiger partial charge in [0.15, 0.2) is 0 Å². The lowest BCUT2D eigenvalue weighted by Crippen LogP contribution is -2.46. The molecule has 2 aliphatic heterocycles. The number of benzene rings is 3. The fourth-order valence-electron chi connectivity index (χ4n) is 5.57. The number of carboxylic acids is 1. The predicted octanol–water partition coefficient (Wildman–Crippen LogP) is 4.15. The molecule has 9 heteroatoms. The van der Waals surface area contributed by atoms with Crippen molar-refractivity contribution in [2.45, 2.75) is 25.8 Å². The highest BCUT2D eigenvalue weighted by Crippen LogP contribution is 2.39. The molecule has 0 unspecified atom stereocenters. The summed E-state index contributed by atoms with van der Waals surface area (Å²) in [4.78, 5) is 42.2. The van der Waals surface area contributed by atoms with E-state index < -0.39 is 5.97 Å². The van der Waals surface area contributed by atoms with Crippen molar-refractivity contribution in [1.82, 2.24) is 9.80 Å². The number of piperidine rings is 1. The van der Waals surface area contributed by atoms with Gasteiger partial charge in [-0.1, -0.05) is 30.3 Å². The van der Waals surface area contributed by atoms with Crippen molar-refractivity contribution >= 4 is 40.4 Å². The van der Waals surface area contributed by atoms with Gasteiger partial charge in [-0.3, -0.25) is 9.59 Å². The number of hydrogen-bond donors (Lipinski definition) is 4. The summed E-state index contributed by atoms with van der Waals surface area (Å²) in [6.07, 6.45) is 1.74. The molecule has 0 atom stereocenters. The lowest BCUT2D eigenvalue weighted by atomic mass is 9.96. The third kappa shape index (κ3) is 5.86. The van der Waals surface area contributed by atoms with E-state index in [1.165, 1.54) is 6.07 Å². The first kappa shape index (κ1) is 28.1. The number of aryl methyl sites for hydroxylation is 1. The first-order valence-electron chi connectivity index (χ1n) is 13.7. The molecule has 2 amide bonds. The fraction of sp³-hybridized carbons (Fsp3) is 0.281. The number of likely N-dealkylation sites (tertiary alicyclic amines) is 1. The maximum absolute atomic E-state index is 13.3. The number of carbonyl (C=O) groups excluding carboxylic acids is 2. The van der Waals surface area contributed by atoms with E-state index in [-0.39, 0.29) is 30.0 Å². The standard InChI is InChI=1S/C32H34N4O5/c1-20-18-26-27(19-25(20)32(40)41)34-30(38)28(26)29(21-6-4-3-5-7-21)33-23-10-8-22(9-11-23)31(39)35(2)24-12-14-36(15-13-24)16-17-37/h3-11,18-19,24,33,37H,12-17H2,1-2H3,(H,34,38)(H,40,41)/b29-28+. The van der Waals surface area contributed by atoms with E-state index in [4.69, 9.17) is 0 Å². The van der Waals surface area contributed by atoms with Gasteiger partial charge in [0.1, 0.15) is 0 Å². The number of aliphatic hydroxyl groups excluding tert-OH is 1. The van der Waals surface area contributed by atoms with Crippen LogP contribution in [0.3, 0.4) is 0 Å². The van der Waals surface area contributed by atoms with Crippen LogP contribution in [0.25, 0.3) is 11.3 Å². The molecule has 0 saturated carbocycles. The summed E-state index contributed by atoms with van der Waals surface area (Å²) in [5.41, 5.74) is 4.84. The number of carbonyl (C=O) groups is 3. The van der Waals surface area contributed by atoms with Crippen molar-refractivity contribution in [3.8, 4) is 0 Å². The lowest BCUT2D eigenvalue weighted by molar-refractivity contribution is -0.110. The molecular weight excluding hydrogens is 520 g/mol. The average Bonchev–Trinajstić information content (AvgIpc) is 3.30. The molecule has 2 aliphatic rings. The Kier molecular flexibility index (Phi) is 8.19. The highest BCUT2D eigenvalue weighted by atomic mass is 16.4. The maximum Gasteiger partial charge on any atom is 0.336 e. The highest BCUT2D eigenvalue weighted by Gasteiger charge is 2.30. The molecule has 0 aromatic heterocycles. The third-order valence-corrected chi connectivity index (χ3v) is 7.89. The van der Waals surface area contributed by atoms with E-state index in [1.807, 2.05) is 54.4 Å². The second-order valence-corrected chi connectivity index (χ2v) is 10.5. The Morgan fingerprint density at radius 2 is 1.71 bits per heavy atom. The minimum Gasteiger partial charge on any atom is -0.478 e. The largest absolute Gasteiger partial charge is 0.478 e. The van der Waals surface area contributed by atoms with Crippen LogP contribution >= 0.6 is 0 Å². The average molecular weight is 555 g/mol. The van der Waals surface area contributed by atoms with E-state index in [0.717, 1.165) is 31.5 Å². The molecule has 1 fully saturated rings. The molecule has 9 nitrogen and oxygen atoms in total. The Hall–Kier alpha value is -4.47. The first-order chi connectivity index (χ1) is 19.8. The van der Waals surface area contributed by atoms with E-state index in [2.05, 4.69) is 15.5 Å². The van der Waals surface area contributed by atoms with Gasteiger partial charge in [0.05, 0.1) is 29.1 Å². The van der Waals surface area contributed by atoms with Crippen LogP contribution in [0, 0.1) is 6.92 Å². The van der Waals surface area contributed by atoms with Gasteiger partial charge in [0.2, 0.25) is 0 Å². The van der Waals surface area contributed by atoms with Gasteiger partial charge in [0, 0.05) is 49.5 Å². The molecule has 1 saturated heterocycles. The number of amides is 2. The molecule has 5 rings (SSSR count). The number of anilines is 2. The number of nitrogens with one attached hydrogen (secondary N) is 2. The molecule has 4 N–H and O–H groups in total. The topological polar surface area (TPSA) is 122 Å². The summed E-state index contributed by atoms with van der Waals surface area (Å²) < 4.78 is 0. The van der Waals surface area contributed by atoms with Crippen molar-refractivity contribution in [3.63, 3.8) is 0 Å². The summed E-state index contributed by atoms with van der Waals surface area (Å²) >= 11 is 0. The van der Waals surface area contributed by atoms with Gasteiger partial charge >= 0.3 is 5.97 Å². The number of rotatable bonds is 8. The maximum atomic E-state index is 13.3. The normalized spacial score (nSPS) is 16.6. The quantitative estimate of drug-likeness (QED) is 0.309. The van der Waals surface area contributed by atoms with Gasteiger partial charge in [-0.15, -0.1) is 0 Å². The van der Waals surface area contributed by atoms with Crippen molar-refractivity contribution in [3.05, 3.63) is 94.5 Å². The van der Waals surface area contributed by atoms with Gasteiger partial charge in [-0.05, 0) is 67.3 Å². The summed E-state index contributed by atoms with van der Waals surface area (Å²) in [5, 5.41) is 24.9. The van der Waals surface area contributed by atoms with Crippen LogP contribution in [-0.2, 0) is 4.79 Å². The molecule has 0 aliphatic carbocycles. The van der Waals surface area contributed by atoms with Crippen molar-refractivity contribution in [1.29, 1.82) is 0 Å². The summed E-state index contributed by atoms with van der Waals surface area (Å²) in [7, 11) is 1.84. The van der Waals surface area contributed by atoms with Crippen molar-refractivity contribution in [2.75, 3.05) is 43.9 Å². The molecule has 0 bridgehead atoms. The zero-order valence-electron chi connectivity index (χ0n) is 23.2. The lowest BCUT2D eigenvalue weighted by Gasteiger charge is -2.36. The summed E-state index contributed by atoms with van der Waals surface area (Å²) in [6, 6.07) is 20.0. The van der Waals surface area contributed by atoms with E-state index in [9.17, 15) is 24.6 Å². The van der Waals surface area contributed by atoms with Crippen LogP contribution in [0.1, 0.15) is 50.2 Å². The molecule has 3 aromatic rings. The second-order valence-electron chi connectivity index (χ2n) is 10.5. The third-order valence-electron chi connectivity index (χ3n) is 7.89. The van der Waals surface area contributed by atoms with Crippen molar-refractivity contribution in [2.24, 2.45) is 0 Å². The van der Waals surface area contributed by atoms with Gasteiger partial charge in [-0.2, -0.15) is 0 Å². The van der Waals surface area contributed by atoms with Crippen LogP contribution in [0.4, 0.5) is 11.4 Å². The van der Waals surface area contributed by atoms with E-state index >= 15 is 0 Å². The number of hydrogen-bond acceptors (Lipinski definition) is 6.